The van der Waals surface area contributed by atoms with Gasteiger partial charge in [-0.15, -0.1) is 0 Å². The van der Waals surface area contributed by atoms with E-state index in [1.807, 2.05) is 45.0 Å². The fourth-order valence-electron chi connectivity index (χ4n) is 1.32. The topological polar surface area (TPSA) is 26.3 Å². The first-order valence-corrected chi connectivity index (χ1v) is 5.14. The predicted molar refractivity (Wildman–Crippen MR) is 61.2 cm³/mol. The molecule has 0 fully saturated rings. The molecular weight excluding hydrogens is 188 g/mol. The Labute approximate surface area is 91.3 Å². The van der Waals surface area contributed by atoms with Crippen LogP contribution in [0.25, 0.3) is 0 Å². The zero-order valence-electron chi connectivity index (χ0n) is 9.83. The van der Waals surface area contributed by atoms with E-state index in [-0.39, 0.29) is 11.4 Å². The largest absolute Gasteiger partial charge is 0.488 e. The van der Waals surface area contributed by atoms with Crippen LogP contribution in [0.1, 0.15) is 33.3 Å². The van der Waals surface area contributed by atoms with Crippen molar-refractivity contribution < 1.29 is 9.53 Å². The zero-order valence-corrected chi connectivity index (χ0v) is 9.83. The maximum atomic E-state index is 10.9. The molecule has 0 radical (unpaired) electrons. The number of carbonyl (C=O) groups is 1. The fraction of sp³-hybridized carbons (Fsp3) is 0.462. The molecule has 82 valence electrons. The third-order valence-corrected chi connectivity index (χ3v) is 1.80. The van der Waals surface area contributed by atoms with Crippen molar-refractivity contribution in [2.24, 2.45) is 0 Å². The van der Waals surface area contributed by atoms with E-state index in [0.29, 0.717) is 6.42 Å². The minimum atomic E-state index is -0.178. The number of hydrogen-bond donors (Lipinski definition) is 0. The van der Waals surface area contributed by atoms with Gasteiger partial charge in [-0.25, -0.2) is 0 Å². The van der Waals surface area contributed by atoms with E-state index in [9.17, 15) is 4.79 Å². The summed E-state index contributed by atoms with van der Waals surface area (Å²) in [6.07, 6.45) is 0.496. The van der Waals surface area contributed by atoms with Crippen molar-refractivity contribution in [3.63, 3.8) is 0 Å². The Morgan fingerprint density at radius 1 is 1.20 bits per heavy atom. The average molecular weight is 206 g/mol. The van der Waals surface area contributed by atoms with Crippen LogP contribution in [0.2, 0.25) is 0 Å². The number of carbonyl (C=O) groups excluding carboxylic acids is 1. The summed E-state index contributed by atoms with van der Waals surface area (Å²) in [4.78, 5) is 10.9. The minimum absolute atomic E-state index is 0.178. The Morgan fingerprint density at radius 3 is 2.13 bits per heavy atom. The van der Waals surface area contributed by atoms with Crippen molar-refractivity contribution in [1.29, 1.82) is 0 Å². The van der Waals surface area contributed by atoms with Crippen LogP contribution in [0.5, 0.6) is 5.75 Å². The number of ketones is 1. The smallest absolute Gasteiger partial charge is 0.134 e. The highest BCUT2D eigenvalue weighted by atomic mass is 16.5. The molecule has 1 aromatic carbocycles. The maximum Gasteiger partial charge on any atom is 0.134 e. The van der Waals surface area contributed by atoms with Crippen LogP contribution < -0.4 is 4.74 Å². The molecule has 0 aliphatic carbocycles. The van der Waals surface area contributed by atoms with Crippen molar-refractivity contribution in [1.82, 2.24) is 0 Å². The number of ether oxygens (including phenoxy) is 1. The van der Waals surface area contributed by atoms with E-state index in [1.165, 1.54) is 0 Å². The molecule has 0 aliphatic heterocycles. The monoisotopic (exact) mass is 206 g/mol. The van der Waals surface area contributed by atoms with Crippen LogP contribution in [0.15, 0.2) is 24.3 Å². The molecule has 0 heterocycles. The van der Waals surface area contributed by atoms with Crippen LogP contribution in [0.4, 0.5) is 0 Å². The van der Waals surface area contributed by atoms with Gasteiger partial charge < -0.3 is 4.74 Å². The van der Waals surface area contributed by atoms with Crippen molar-refractivity contribution >= 4 is 5.78 Å². The average Bonchev–Trinajstić information content (AvgIpc) is 2.05. The third-order valence-electron chi connectivity index (χ3n) is 1.80. The highest BCUT2D eigenvalue weighted by Crippen LogP contribution is 2.18. The van der Waals surface area contributed by atoms with Crippen molar-refractivity contribution in [3.8, 4) is 5.75 Å². The molecule has 0 bridgehead atoms. The highest BCUT2D eigenvalue weighted by molar-refractivity contribution is 5.78. The number of benzene rings is 1. The second-order valence-corrected chi connectivity index (χ2v) is 4.74. The van der Waals surface area contributed by atoms with E-state index < -0.39 is 0 Å². The molecule has 0 saturated carbocycles. The first-order valence-electron chi connectivity index (χ1n) is 5.14. The van der Waals surface area contributed by atoms with E-state index in [0.717, 1.165) is 11.3 Å². The number of hydrogen-bond acceptors (Lipinski definition) is 2. The lowest BCUT2D eigenvalue weighted by Gasteiger charge is -2.21. The molecule has 0 atom stereocenters. The molecule has 0 amide bonds. The fourth-order valence-corrected chi connectivity index (χ4v) is 1.32. The van der Waals surface area contributed by atoms with Crippen LogP contribution in [0, 0.1) is 0 Å². The van der Waals surface area contributed by atoms with Gasteiger partial charge >= 0.3 is 0 Å². The molecule has 1 aromatic rings. The third kappa shape index (κ3) is 4.63. The SMILES string of the molecule is CC(=O)Cc1ccc(OC(C)(C)C)cc1. The van der Waals surface area contributed by atoms with Crippen molar-refractivity contribution in [2.45, 2.75) is 39.7 Å². The summed E-state index contributed by atoms with van der Waals surface area (Å²) >= 11 is 0. The summed E-state index contributed by atoms with van der Waals surface area (Å²) < 4.78 is 5.68. The molecule has 0 aliphatic rings. The molecular formula is C13H18O2. The van der Waals surface area contributed by atoms with Crippen LogP contribution in [-0.2, 0) is 11.2 Å². The summed E-state index contributed by atoms with van der Waals surface area (Å²) in [5.41, 5.74) is 0.853. The Hall–Kier alpha value is -1.31. The summed E-state index contributed by atoms with van der Waals surface area (Å²) in [7, 11) is 0. The van der Waals surface area contributed by atoms with Gasteiger partial charge in [-0.05, 0) is 45.4 Å². The Balaban J connectivity index is 2.68. The van der Waals surface area contributed by atoms with Crippen LogP contribution in [0.3, 0.4) is 0 Å². The standard InChI is InChI=1S/C13H18O2/c1-10(14)9-11-5-7-12(8-6-11)15-13(2,3)4/h5-8H,9H2,1-4H3. The highest BCUT2D eigenvalue weighted by Gasteiger charge is 2.11. The van der Waals surface area contributed by atoms with Gasteiger partial charge in [0.1, 0.15) is 17.1 Å². The van der Waals surface area contributed by atoms with Gasteiger partial charge in [0, 0.05) is 6.42 Å². The van der Waals surface area contributed by atoms with Crippen molar-refractivity contribution in [3.05, 3.63) is 29.8 Å². The van der Waals surface area contributed by atoms with E-state index in [4.69, 9.17) is 4.74 Å². The number of Topliss-reactive ketones (excluding diaryl/α,β-unsaturated/α-hetero) is 1. The van der Waals surface area contributed by atoms with Gasteiger partial charge in [0.15, 0.2) is 0 Å². The maximum absolute atomic E-state index is 10.9. The van der Waals surface area contributed by atoms with E-state index in [2.05, 4.69) is 0 Å². The van der Waals surface area contributed by atoms with Crippen LogP contribution >= 0.6 is 0 Å². The Kier molecular flexibility index (Phi) is 3.51. The first kappa shape index (κ1) is 11.8. The lowest BCUT2D eigenvalue weighted by Crippen LogP contribution is -2.22. The van der Waals surface area contributed by atoms with E-state index >= 15 is 0 Å². The van der Waals surface area contributed by atoms with Gasteiger partial charge in [0.25, 0.3) is 0 Å². The second kappa shape index (κ2) is 4.47. The van der Waals surface area contributed by atoms with Crippen LogP contribution in [-0.4, -0.2) is 11.4 Å². The predicted octanol–water partition coefficient (Wildman–Crippen LogP) is 3.00. The second-order valence-electron chi connectivity index (χ2n) is 4.74. The molecule has 15 heavy (non-hydrogen) atoms. The molecule has 0 spiro atoms. The molecule has 0 unspecified atom stereocenters. The molecule has 1 rings (SSSR count). The van der Waals surface area contributed by atoms with E-state index in [1.54, 1.807) is 6.92 Å². The van der Waals surface area contributed by atoms with Gasteiger partial charge in [-0.3, -0.25) is 4.79 Å². The van der Waals surface area contributed by atoms with Gasteiger partial charge in [-0.1, -0.05) is 12.1 Å². The Bertz CT molecular complexity index is 331. The summed E-state index contributed by atoms with van der Waals surface area (Å²) in [6, 6.07) is 7.68. The van der Waals surface area contributed by atoms with Crippen molar-refractivity contribution in [2.75, 3.05) is 0 Å². The van der Waals surface area contributed by atoms with Gasteiger partial charge in [0.05, 0.1) is 0 Å². The summed E-state index contributed by atoms with van der Waals surface area (Å²) in [5.74, 6) is 1.02. The molecule has 0 aromatic heterocycles. The zero-order chi connectivity index (χ0) is 11.5. The molecule has 0 saturated heterocycles. The quantitative estimate of drug-likeness (QED) is 0.760. The normalized spacial score (nSPS) is 11.2. The number of rotatable bonds is 3. The lowest BCUT2D eigenvalue weighted by molar-refractivity contribution is -0.116. The molecule has 2 heteroatoms. The Morgan fingerprint density at radius 2 is 1.73 bits per heavy atom. The lowest BCUT2D eigenvalue weighted by atomic mass is 10.1. The summed E-state index contributed by atoms with van der Waals surface area (Å²) in [6.45, 7) is 7.63. The van der Waals surface area contributed by atoms with Gasteiger partial charge in [-0.2, -0.15) is 0 Å². The van der Waals surface area contributed by atoms with Gasteiger partial charge in [0.2, 0.25) is 0 Å². The first-order chi connectivity index (χ1) is 6.87. The molecule has 0 N–H and O–H groups in total. The minimum Gasteiger partial charge on any atom is -0.488 e. The molecule has 2 nitrogen and oxygen atoms in total. The summed E-state index contributed by atoms with van der Waals surface area (Å²) in [5, 5.41) is 0.